The maximum Gasteiger partial charge on any atom is 0.191 e. The van der Waals surface area contributed by atoms with Crippen molar-refractivity contribution in [2.75, 3.05) is 20.3 Å². The first-order valence-corrected chi connectivity index (χ1v) is 8.88. The van der Waals surface area contributed by atoms with Crippen LogP contribution in [0.15, 0.2) is 60.1 Å². The molecule has 0 aliphatic rings. The number of hydrogen-bond donors (Lipinski definition) is 3. The molecule has 2 aromatic carbocycles. The number of guanidine groups is 1. The van der Waals surface area contributed by atoms with Gasteiger partial charge in [0.25, 0.3) is 0 Å². The molecule has 0 radical (unpaired) electrons. The average molecular weight is 497 g/mol. The zero-order valence-corrected chi connectivity index (χ0v) is 18.6. The molecule has 0 saturated carbocycles. The van der Waals surface area contributed by atoms with Gasteiger partial charge in [0.1, 0.15) is 12.4 Å². The van der Waals surface area contributed by atoms with Gasteiger partial charge < -0.3 is 25.2 Å². The summed E-state index contributed by atoms with van der Waals surface area (Å²) in [5, 5.41) is 16.6. The van der Waals surface area contributed by atoms with Gasteiger partial charge in [0.15, 0.2) is 17.5 Å². The van der Waals surface area contributed by atoms with Crippen molar-refractivity contribution in [3.8, 4) is 17.2 Å². The SMILES string of the molecule is C=CCOc1ccccc1CN=C(NCC)NCc1cccc(OC)c1O.I. The normalized spacial score (nSPS) is 10.6. The summed E-state index contributed by atoms with van der Waals surface area (Å²) in [4.78, 5) is 4.62. The Balaban J connectivity index is 0.00000392. The summed E-state index contributed by atoms with van der Waals surface area (Å²) in [5.41, 5.74) is 1.72. The van der Waals surface area contributed by atoms with Crippen LogP contribution in [0.4, 0.5) is 0 Å². The number of nitrogens with zero attached hydrogens (tertiary/aromatic N) is 1. The van der Waals surface area contributed by atoms with E-state index in [-0.39, 0.29) is 29.7 Å². The van der Waals surface area contributed by atoms with E-state index >= 15 is 0 Å². The van der Waals surface area contributed by atoms with E-state index in [0.717, 1.165) is 23.4 Å². The van der Waals surface area contributed by atoms with Gasteiger partial charge in [0.2, 0.25) is 0 Å². The van der Waals surface area contributed by atoms with Gasteiger partial charge in [-0.2, -0.15) is 0 Å². The molecule has 0 fully saturated rings. The van der Waals surface area contributed by atoms with Crippen molar-refractivity contribution < 1.29 is 14.6 Å². The molecule has 0 saturated heterocycles. The van der Waals surface area contributed by atoms with Gasteiger partial charge in [-0.3, -0.25) is 0 Å². The van der Waals surface area contributed by atoms with Crippen molar-refractivity contribution in [2.45, 2.75) is 20.0 Å². The van der Waals surface area contributed by atoms with Gasteiger partial charge in [0, 0.05) is 24.2 Å². The number of phenolic OH excluding ortho intramolecular Hbond substituents is 1. The first-order valence-electron chi connectivity index (χ1n) is 8.88. The molecule has 0 heterocycles. The minimum absolute atomic E-state index is 0. The summed E-state index contributed by atoms with van der Waals surface area (Å²) in [5.74, 6) is 2.02. The second-order valence-corrected chi connectivity index (χ2v) is 5.72. The number of aliphatic imine (C=N–C) groups is 1. The summed E-state index contributed by atoms with van der Waals surface area (Å²) < 4.78 is 10.8. The predicted molar refractivity (Wildman–Crippen MR) is 124 cm³/mol. The van der Waals surface area contributed by atoms with Gasteiger partial charge in [-0.05, 0) is 19.1 Å². The summed E-state index contributed by atoms with van der Waals surface area (Å²) >= 11 is 0. The van der Waals surface area contributed by atoms with Crippen molar-refractivity contribution in [2.24, 2.45) is 4.99 Å². The Labute approximate surface area is 183 Å². The Morgan fingerprint density at radius 3 is 2.54 bits per heavy atom. The molecule has 0 spiro atoms. The van der Waals surface area contributed by atoms with E-state index in [9.17, 15) is 5.11 Å². The van der Waals surface area contributed by atoms with E-state index in [2.05, 4.69) is 22.2 Å². The number of nitrogens with one attached hydrogen (secondary N) is 2. The van der Waals surface area contributed by atoms with Crippen molar-refractivity contribution in [3.05, 3.63) is 66.2 Å². The number of rotatable bonds is 9. The van der Waals surface area contributed by atoms with Crippen LogP contribution >= 0.6 is 24.0 Å². The van der Waals surface area contributed by atoms with E-state index in [1.165, 1.54) is 7.11 Å². The molecule has 2 aromatic rings. The smallest absolute Gasteiger partial charge is 0.191 e. The molecule has 3 N–H and O–H groups in total. The molecule has 152 valence electrons. The lowest BCUT2D eigenvalue weighted by molar-refractivity contribution is 0.359. The highest BCUT2D eigenvalue weighted by Crippen LogP contribution is 2.29. The first-order chi connectivity index (χ1) is 13.2. The van der Waals surface area contributed by atoms with Crippen LogP contribution in [0, 0.1) is 0 Å². The Morgan fingerprint density at radius 1 is 1.11 bits per heavy atom. The van der Waals surface area contributed by atoms with Crippen LogP contribution in [0.1, 0.15) is 18.1 Å². The van der Waals surface area contributed by atoms with Gasteiger partial charge in [0.05, 0.1) is 13.7 Å². The third kappa shape index (κ3) is 6.95. The fourth-order valence-electron chi connectivity index (χ4n) is 2.48. The Bertz CT molecular complexity index is 781. The lowest BCUT2D eigenvalue weighted by Crippen LogP contribution is -2.36. The number of methoxy groups -OCH3 is 1. The van der Waals surface area contributed by atoms with Crippen molar-refractivity contribution in [1.82, 2.24) is 10.6 Å². The zero-order valence-electron chi connectivity index (χ0n) is 16.3. The lowest BCUT2D eigenvalue weighted by atomic mass is 10.2. The van der Waals surface area contributed by atoms with E-state index in [1.54, 1.807) is 12.1 Å². The molecular formula is C21H28IN3O3. The van der Waals surface area contributed by atoms with E-state index in [4.69, 9.17) is 9.47 Å². The molecule has 0 atom stereocenters. The third-order valence-corrected chi connectivity index (χ3v) is 3.83. The predicted octanol–water partition coefficient (Wildman–Crippen LogP) is 3.84. The number of phenols is 1. The minimum atomic E-state index is 0. The molecular weight excluding hydrogens is 469 g/mol. The number of para-hydroxylation sites is 2. The molecule has 6 nitrogen and oxygen atoms in total. The number of benzene rings is 2. The van der Waals surface area contributed by atoms with Crippen LogP contribution in [0.2, 0.25) is 0 Å². The molecule has 0 aromatic heterocycles. The highest BCUT2D eigenvalue weighted by Gasteiger charge is 2.08. The summed E-state index contributed by atoms with van der Waals surface area (Å²) in [6.45, 7) is 7.74. The maximum atomic E-state index is 10.2. The van der Waals surface area contributed by atoms with Crippen molar-refractivity contribution >= 4 is 29.9 Å². The second-order valence-electron chi connectivity index (χ2n) is 5.72. The molecule has 0 amide bonds. The first kappa shape index (κ1) is 23.6. The van der Waals surface area contributed by atoms with E-state index in [1.807, 2.05) is 43.3 Å². The zero-order chi connectivity index (χ0) is 19.5. The minimum Gasteiger partial charge on any atom is -0.504 e. The van der Waals surface area contributed by atoms with Gasteiger partial charge in [-0.25, -0.2) is 4.99 Å². The molecule has 28 heavy (non-hydrogen) atoms. The number of halogens is 1. The van der Waals surface area contributed by atoms with E-state index in [0.29, 0.717) is 31.4 Å². The molecule has 0 aliphatic heterocycles. The maximum absolute atomic E-state index is 10.2. The molecule has 0 aliphatic carbocycles. The largest absolute Gasteiger partial charge is 0.504 e. The van der Waals surface area contributed by atoms with Crippen LogP contribution in [0.25, 0.3) is 0 Å². The molecule has 7 heteroatoms. The standard InChI is InChI=1S/C21H27N3O3.HI/c1-4-13-27-18-11-7-6-9-16(18)14-23-21(22-5-2)24-15-17-10-8-12-19(26-3)20(17)25;/h4,6-12,25H,1,5,13-15H2,2-3H3,(H2,22,23,24);1H. The second kappa shape index (κ2) is 12.9. The van der Waals surface area contributed by atoms with Crippen LogP contribution in [0.3, 0.4) is 0 Å². The number of hydrogen-bond acceptors (Lipinski definition) is 4. The Morgan fingerprint density at radius 2 is 1.82 bits per heavy atom. The van der Waals surface area contributed by atoms with Crippen molar-refractivity contribution in [1.29, 1.82) is 0 Å². The quantitative estimate of drug-likeness (QED) is 0.213. The average Bonchev–Trinajstić information content (AvgIpc) is 2.70. The van der Waals surface area contributed by atoms with Crippen LogP contribution in [0.5, 0.6) is 17.2 Å². The summed E-state index contributed by atoms with van der Waals surface area (Å²) in [7, 11) is 1.53. The summed E-state index contributed by atoms with van der Waals surface area (Å²) in [6.07, 6.45) is 1.71. The molecule has 0 unspecified atom stereocenters. The molecule has 0 bridgehead atoms. The highest BCUT2D eigenvalue weighted by molar-refractivity contribution is 14.0. The van der Waals surface area contributed by atoms with Crippen LogP contribution < -0.4 is 20.1 Å². The van der Waals surface area contributed by atoms with Crippen molar-refractivity contribution in [3.63, 3.8) is 0 Å². The third-order valence-electron chi connectivity index (χ3n) is 3.83. The fraction of sp³-hybridized carbons (Fsp3) is 0.286. The Kier molecular flexibility index (Phi) is 10.9. The summed E-state index contributed by atoms with van der Waals surface area (Å²) in [6, 6.07) is 13.2. The highest BCUT2D eigenvalue weighted by atomic mass is 127. The number of ether oxygens (including phenoxy) is 2. The topological polar surface area (TPSA) is 75.1 Å². The lowest BCUT2D eigenvalue weighted by Gasteiger charge is -2.14. The van der Waals surface area contributed by atoms with Gasteiger partial charge >= 0.3 is 0 Å². The Hall–Kier alpha value is -2.42. The van der Waals surface area contributed by atoms with Crippen LogP contribution in [-0.4, -0.2) is 31.3 Å². The monoisotopic (exact) mass is 497 g/mol. The van der Waals surface area contributed by atoms with Gasteiger partial charge in [-0.1, -0.05) is 43.0 Å². The van der Waals surface area contributed by atoms with E-state index < -0.39 is 0 Å². The number of aromatic hydroxyl groups is 1. The fourth-order valence-corrected chi connectivity index (χ4v) is 2.48. The molecule has 2 rings (SSSR count). The van der Waals surface area contributed by atoms with Gasteiger partial charge in [-0.15, -0.1) is 24.0 Å². The van der Waals surface area contributed by atoms with Crippen LogP contribution in [-0.2, 0) is 13.1 Å².